The van der Waals surface area contributed by atoms with E-state index in [1.165, 1.54) is 24.3 Å². The summed E-state index contributed by atoms with van der Waals surface area (Å²) in [4.78, 5) is 23.6. The lowest BCUT2D eigenvalue weighted by molar-refractivity contribution is -0.148. The molecule has 1 aliphatic rings. The molecule has 0 heterocycles. The number of hydrogen-bond acceptors (Lipinski definition) is 3. The van der Waals surface area contributed by atoms with Crippen molar-refractivity contribution in [2.45, 2.75) is 38.7 Å². The monoisotopic (exact) mass is 298 g/mol. The van der Waals surface area contributed by atoms with Crippen LogP contribution >= 0.6 is 0 Å². The first kappa shape index (κ1) is 15.4. The van der Waals surface area contributed by atoms with Gasteiger partial charge in [0.15, 0.2) is 5.78 Å². The predicted molar refractivity (Wildman–Crippen MR) is 70.6 cm³/mol. The average molecular weight is 298 g/mol. The molecule has 0 atom stereocenters. The van der Waals surface area contributed by atoms with Crippen LogP contribution in [-0.2, 0) is 4.79 Å². The van der Waals surface area contributed by atoms with Gasteiger partial charge in [-0.15, -0.1) is 0 Å². The van der Waals surface area contributed by atoms with Gasteiger partial charge in [-0.3, -0.25) is 9.59 Å². The normalized spacial score (nSPS) is 16.9. The maximum atomic E-state index is 12.2. The van der Waals surface area contributed by atoms with Crippen molar-refractivity contribution < 1.29 is 28.2 Å². The van der Waals surface area contributed by atoms with Crippen LogP contribution in [0.15, 0.2) is 24.3 Å². The van der Waals surface area contributed by atoms with Gasteiger partial charge in [-0.2, -0.15) is 8.78 Å². The molecular formula is C15H16F2O4. The van der Waals surface area contributed by atoms with Gasteiger partial charge >= 0.3 is 12.6 Å². The van der Waals surface area contributed by atoms with E-state index in [4.69, 9.17) is 0 Å². The van der Waals surface area contributed by atoms with Crippen molar-refractivity contribution >= 4 is 11.8 Å². The number of carboxylic acid groups (broad SMARTS) is 1. The molecule has 1 fully saturated rings. The van der Waals surface area contributed by atoms with Crippen molar-refractivity contribution in [3.05, 3.63) is 29.8 Å². The van der Waals surface area contributed by atoms with Crippen LogP contribution in [0, 0.1) is 5.41 Å². The van der Waals surface area contributed by atoms with E-state index in [0.29, 0.717) is 18.4 Å². The second-order valence-corrected chi connectivity index (χ2v) is 5.30. The molecule has 1 aliphatic carbocycles. The number of halogens is 2. The molecule has 0 saturated heterocycles. The molecule has 0 aliphatic heterocycles. The Morgan fingerprint density at radius 1 is 1.19 bits per heavy atom. The molecule has 0 spiro atoms. The molecule has 21 heavy (non-hydrogen) atoms. The number of carbonyl (C=O) groups is 2. The van der Waals surface area contributed by atoms with Gasteiger partial charge in [0.1, 0.15) is 5.75 Å². The highest BCUT2D eigenvalue weighted by molar-refractivity contribution is 5.99. The molecule has 1 aromatic carbocycles. The summed E-state index contributed by atoms with van der Waals surface area (Å²) in [6.07, 6.45) is 2.56. The molecule has 0 radical (unpaired) electrons. The molecule has 0 bridgehead atoms. The maximum absolute atomic E-state index is 12.2. The third-order valence-corrected chi connectivity index (χ3v) is 3.91. The quantitative estimate of drug-likeness (QED) is 0.816. The standard InChI is InChI=1S/C15H16F2O4/c16-14(17)21-11-5-3-10(4-6-11)12(18)9-15(13(19)20)7-1-2-8-15/h3-6,14H,1-2,7-9H2,(H,19,20). The summed E-state index contributed by atoms with van der Waals surface area (Å²) in [5.41, 5.74) is -0.668. The van der Waals surface area contributed by atoms with Crippen molar-refractivity contribution in [3.63, 3.8) is 0 Å². The van der Waals surface area contributed by atoms with E-state index >= 15 is 0 Å². The third-order valence-electron chi connectivity index (χ3n) is 3.91. The topological polar surface area (TPSA) is 63.6 Å². The van der Waals surface area contributed by atoms with E-state index in [-0.39, 0.29) is 18.0 Å². The van der Waals surface area contributed by atoms with Gasteiger partial charge in [0.2, 0.25) is 0 Å². The molecule has 114 valence electrons. The minimum absolute atomic E-state index is 0.0321. The Labute approximate surface area is 120 Å². The van der Waals surface area contributed by atoms with E-state index in [1.54, 1.807) is 0 Å². The lowest BCUT2D eigenvalue weighted by Gasteiger charge is -2.22. The van der Waals surface area contributed by atoms with Gasteiger partial charge in [-0.25, -0.2) is 0 Å². The third kappa shape index (κ3) is 3.56. The fourth-order valence-electron chi connectivity index (χ4n) is 2.75. The van der Waals surface area contributed by atoms with Crippen LogP contribution in [-0.4, -0.2) is 23.5 Å². The number of benzene rings is 1. The summed E-state index contributed by atoms with van der Waals surface area (Å²) in [5.74, 6) is -1.26. The van der Waals surface area contributed by atoms with Gasteiger partial charge in [-0.1, -0.05) is 12.8 Å². The Hall–Kier alpha value is -1.98. The SMILES string of the molecule is O=C(CC1(C(=O)O)CCCC1)c1ccc(OC(F)F)cc1. The Bertz CT molecular complexity index is 519. The van der Waals surface area contributed by atoms with E-state index in [0.717, 1.165) is 12.8 Å². The number of aliphatic carboxylic acids is 1. The van der Waals surface area contributed by atoms with Crippen LogP contribution in [0.5, 0.6) is 5.75 Å². The number of carbonyl (C=O) groups excluding carboxylic acids is 1. The van der Waals surface area contributed by atoms with Crippen LogP contribution in [0.1, 0.15) is 42.5 Å². The fourth-order valence-corrected chi connectivity index (χ4v) is 2.75. The fraction of sp³-hybridized carbons (Fsp3) is 0.467. The molecular weight excluding hydrogens is 282 g/mol. The van der Waals surface area contributed by atoms with E-state index in [2.05, 4.69) is 4.74 Å². The number of hydrogen-bond donors (Lipinski definition) is 1. The predicted octanol–water partition coefficient (Wildman–Crippen LogP) is 3.51. The van der Waals surface area contributed by atoms with Gasteiger partial charge < -0.3 is 9.84 Å². The molecule has 1 saturated carbocycles. The highest BCUT2D eigenvalue weighted by atomic mass is 19.3. The summed E-state index contributed by atoms with van der Waals surface area (Å²) in [6, 6.07) is 5.32. The van der Waals surface area contributed by atoms with Crippen molar-refractivity contribution in [3.8, 4) is 5.75 Å². The maximum Gasteiger partial charge on any atom is 0.387 e. The zero-order valence-electron chi connectivity index (χ0n) is 11.4. The van der Waals surface area contributed by atoms with Crippen molar-refractivity contribution in [1.82, 2.24) is 0 Å². The van der Waals surface area contributed by atoms with E-state index in [1.807, 2.05) is 0 Å². The highest BCUT2D eigenvalue weighted by Crippen LogP contribution is 2.42. The van der Waals surface area contributed by atoms with E-state index in [9.17, 15) is 23.5 Å². The zero-order chi connectivity index (χ0) is 15.5. The van der Waals surface area contributed by atoms with Crippen LogP contribution in [0.2, 0.25) is 0 Å². The summed E-state index contributed by atoms with van der Waals surface area (Å²) in [6.45, 7) is -2.92. The number of carboxylic acids is 1. The zero-order valence-corrected chi connectivity index (χ0v) is 11.4. The Morgan fingerprint density at radius 2 is 1.76 bits per heavy atom. The number of rotatable bonds is 6. The first-order chi connectivity index (χ1) is 9.93. The molecule has 6 heteroatoms. The Morgan fingerprint density at radius 3 is 2.24 bits per heavy atom. The smallest absolute Gasteiger partial charge is 0.387 e. The van der Waals surface area contributed by atoms with Crippen LogP contribution in [0.3, 0.4) is 0 Å². The van der Waals surface area contributed by atoms with Crippen molar-refractivity contribution in [1.29, 1.82) is 0 Å². The van der Waals surface area contributed by atoms with Crippen LogP contribution in [0.4, 0.5) is 8.78 Å². The lowest BCUT2D eigenvalue weighted by atomic mass is 9.80. The van der Waals surface area contributed by atoms with Crippen molar-refractivity contribution in [2.24, 2.45) is 5.41 Å². The molecule has 1 aromatic rings. The number of alkyl halides is 2. The highest BCUT2D eigenvalue weighted by Gasteiger charge is 2.42. The molecule has 1 N–H and O–H groups in total. The van der Waals surface area contributed by atoms with Gasteiger partial charge in [-0.05, 0) is 37.1 Å². The van der Waals surface area contributed by atoms with E-state index < -0.39 is 18.0 Å². The van der Waals surface area contributed by atoms with Crippen molar-refractivity contribution in [2.75, 3.05) is 0 Å². The summed E-state index contributed by atoms with van der Waals surface area (Å²) < 4.78 is 28.3. The summed E-state index contributed by atoms with van der Waals surface area (Å²) in [7, 11) is 0. The minimum Gasteiger partial charge on any atom is -0.481 e. The summed E-state index contributed by atoms with van der Waals surface area (Å²) >= 11 is 0. The summed E-state index contributed by atoms with van der Waals surface area (Å²) in [5, 5.41) is 9.35. The Balaban J connectivity index is 2.07. The van der Waals surface area contributed by atoms with Gasteiger partial charge in [0.05, 0.1) is 5.41 Å². The minimum atomic E-state index is -2.92. The molecule has 4 nitrogen and oxygen atoms in total. The first-order valence-corrected chi connectivity index (χ1v) is 6.74. The molecule has 0 aromatic heterocycles. The molecule has 0 amide bonds. The van der Waals surface area contributed by atoms with Crippen LogP contribution < -0.4 is 4.74 Å². The number of ketones is 1. The molecule has 0 unspecified atom stereocenters. The Kier molecular flexibility index (Phi) is 4.55. The second kappa shape index (κ2) is 6.20. The lowest BCUT2D eigenvalue weighted by Crippen LogP contribution is -2.30. The first-order valence-electron chi connectivity index (χ1n) is 6.74. The van der Waals surface area contributed by atoms with Gasteiger partial charge in [0.25, 0.3) is 0 Å². The van der Waals surface area contributed by atoms with Gasteiger partial charge in [0, 0.05) is 12.0 Å². The average Bonchev–Trinajstić information content (AvgIpc) is 2.88. The number of Topliss-reactive ketones (excluding diaryl/α,β-unsaturated/α-hetero) is 1. The molecule has 2 rings (SSSR count). The second-order valence-electron chi connectivity index (χ2n) is 5.30. The van der Waals surface area contributed by atoms with Crippen LogP contribution in [0.25, 0.3) is 0 Å². The largest absolute Gasteiger partial charge is 0.481 e. The number of ether oxygens (including phenoxy) is 1.